The number of amides is 1. The molecular weight excluding hydrogens is 144 g/mol. The smallest absolute Gasteiger partial charge is 0.329 e. The van der Waals surface area contributed by atoms with Crippen molar-refractivity contribution >= 4 is 6.03 Å². The molecule has 1 amide bonds. The van der Waals surface area contributed by atoms with Crippen LogP contribution in [0.5, 0.6) is 0 Å². The van der Waals surface area contributed by atoms with Gasteiger partial charge in [0, 0.05) is 14.1 Å². The minimum atomic E-state index is -0.189. The van der Waals surface area contributed by atoms with Crippen molar-refractivity contribution in [2.75, 3.05) is 14.1 Å². The van der Waals surface area contributed by atoms with Crippen molar-refractivity contribution in [1.82, 2.24) is 19.7 Å². The third-order valence-electron chi connectivity index (χ3n) is 1.18. The molecule has 0 N–H and O–H groups in total. The quantitative estimate of drug-likeness (QED) is 0.533. The van der Waals surface area contributed by atoms with Crippen molar-refractivity contribution in [3.8, 4) is 0 Å². The highest BCUT2D eigenvalue weighted by Crippen LogP contribution is 1.89. The van der Waals surface area contributed by atoms with E-state index in [0.29, 0.717) is 5.82 Å². The van der Waals surface area contributed by atoms with Gasteiger partial charge in [0.2, 0.25) is 0 Å². The zero-order valence-electron chi connectivity index (χ0n) is 6.77. The maximum atomic E-state index is 11.1. The Morgan fingerprint density at radius 1 is 1.64 bits per heavy atom. The fraction of sp³-hybridized carbons (Fsp3) is 0.500. The Bertz CT molecular complexity index is 265. The van der Waals surface area contributed by atoms with E-state index in [0.717, 1.165) is 0 Å². The Labute approximate surface area is 64.6 Å². The molecule has 0 radical (unpaired) electrons. The van der Waals surface area contributed by atoms with E-state index in [1.807, 2.05) is 0 Å². The van der Waals surface area contributed by atoms with E-state index in [1.54, 1.807) is 21.0 Å². The lowest BCUT2D eigenvalue weighted by atomic mass is 10.8. The van der Waals surface area contributed by atoms with Crippen molar-refractivity contribution in [2.45, 2.75) is 6.92 Å². The Balaban J connectivity index is 2.85. The summed E-state index contributed by atoms with van der Waals surface area (Å²) in [6.07, 6.45) is 1.40. The highest BCUT2D eigenvalue weighted by molar-refractivity contribution is 5.74. The van der Waals surface area contributed by atoms with Gasteiger partial charge in [-0.2, -0.15) is 4.68 Å². The second-order valence-electron chi connectivity index (χ2n) is 2.41. The van der Waals surface area contributed by atoms with E-state index in [9.17, 15) is 4.79 Å². The van der Waals surface area contributed by atoms with Gasteiger partial charge in [0.15, 0.2) is 0 Å². The van der Waals surface area contributed by atoms with Crippen molar-refractivity contribution in [3.05, 3.63) is 12.2 Å². The normalized spacial score (nSPS) is 9.73. The summed E-state index contributed by atoms with van der Waals surface area (Å²) in [5, 5.41) is 3.85. The van der Waals surface area contributed by atoms with Gasteiger partial charge in [0.05, 0.1) is 0 Å². The highest BCUT2D eigenvalue weighted by atomic mass is 16.2. The average molecular weight is 154 g/mol. The van der Waals surface area contributed by atoms with Crippen molar-refractivity contribution < 1.29 is 4.79 Å². The van der Waals surface area contributed by atoms with Crippen LogP contribution in [0.3, 0.4) is 0 Å². The van der Waals surface area contributed by atoms with Crippen LogP contribution < -0.4 is 0 Å². The van der Waals surface area contributed by atoms with E-state index in [-0.39, 0.29) is 6.03 Å². The lowest BCUT2D eigenvalue weighted by Gasteiger charge is -2.07. The molecule has 1 heterocycles. The van der Waals surface area contributed by atoms with Crippen LogP contribution in [0.15, 0.2) is 6.33 Å². The Kier molecular flexibility index (Phi) is 1.89. The first-order valence-electron chi connectivity index (χ1n) is 3.21. The van der Waals surface area contributed by atoms with Gasteiger partial charge in [-0.25, -0.2) is 9.78 Å². The lowest BCUT2D eigenvalue weighted by Crippen LogP contribution is -2.27. The standard InChI is InChI=1S/C6H10N4O/c1-5-7-4-10(8-5)6(11)9(2)3/h4H,1-3H3. The Morgan fingerprint density at radius 3 is 2.64 bits per heavy atom. The first kappa shape index (κ1) is 7.71. The summed E-state index contributed by atoms with van der Waals surface area (Å²) in [7, 11) is 3.33. The van der Waals surface area contributed by atoms with Crippen LogP contribution in [0.4, 0.5) is 4.79 Å². The number of aryl methyl sites for hydroxylation is 1. The van der Waals surface area contributed by atoms with Gasteiger partial charge in [-0.05, 0) is 6.92 Å². The van der Waals surface area contributed by atoms with Crippen LogP contribution in [-0.2, 0) is 0 Å². The summed E-state index contributed by atoms with van der Waals surface area (Å²) >= 11 is 0. The topological polar surface area (TPSA) is 51.0 Å². The number of nitrogens with zero attached hydrogens (tertiary/aromatic N) is 4. The molecule has 11 heavy (non-hydrogen) atoms. The first-order chi connectivity index (χ1) is 5.11. The molecule has 0 aliphatic heterocycles. The summed E-state index contributed by atoms with van der Waals surface area (Å²) in [5.74, 6) is 0.597. The minimum Gasteiger partial charge on any atom is -0.329 e. The molecule has 60 valence electrons. The summed E-state index contributed by atoms with van der Waals surface area (Å²) < 4.78 is 1.20. The first-order valence-corrected chi connectivity index (χ1v) is 3.21. The molecule has 0 aliphatic carbocycles. The number of aromatic nitrogens is 3. The van der Waals surface area contributed by atoms with E-state index in [4.69, 9.17) is 0 Å². The SMILES string of the molecule is Cc1ncn(C(=O)N(C)C)n1. The number of carbonyl (C=O) groups excluding carboxylic acids is 1. The van der Waals surface area contributed by atoms with Crippen LogP contribution in [0.25, 0.3) is 0 Å². The summed E-state index contributed by atoms with van der Waals surface area (Å²) in [6.45, 7) is 1.74. The van der Waals surface area contributed by atoms with Crippen molar-refractivity contribution in [1.29, 1.82) is 0 Å². The molecule has 5 nitrogen and oxygen atoms in total. The minimum absolute atomic E-state index is 0.189. The molecule has 0 aromatic carbocycles. The molecule has 0 fully saturated rings. The van der Waals surface area contributed by atoms with Crippen LogP contribution in [-0.4, -0.2) is 39.8 Å². The van der Waals surface area contributed by atoms with Crippen LogP contribution in [0.2, 0.25) is 0 Å². The molecule has 0 unspecified atom stereocenters. The van der Waals surface area contributed by atoms with Crippen molar-refractivity contribution in [3.63, 3.8) is 0 Å². The number of hydrogen-bond acceptors (Lipinski definition) is 3. The summed E-state index contributed by atoms with van der Waals surface area (Å²) in [4.78, 5) is 16.4. The van der Waals surface area contributed by atoms with Gasteiger partial charge in [-0.3, -0.25) is 0 Å². The molecular formula is C6H10N4O. The van der Waals surface area contributed by atoms with Gasteiger partial charge in [0.25, 0.3) is 0 Å². The molecule has 1 rings (SSSR count). The third kappa shape index (κ3) is 1.54. The fourth-order valence-corrected chi connectivity index (χ4v) is 0.643. The second-order valence-corrected chi connectivity index (χ2v) is 2.41. The molecule has 1 aromatic rings. The number of carbonyl (C=O) groups is 1. The van der Waals surface area contributed by atoms with E-state index >= 15 is 0 Å². The van der Waals surface area contributed by atoms with E-state index in [1.165, 1.54) is 15.9 Å². The maximum absolute atomic E-state index is 11.1. The zero-order chi connectivity index (χ0) is 8.43. The highest BCUT2D eigenvalue weighted by Gasteiger charge is 2.07. The van der Waals surface area contributed by atoms with Crippen LogP contribution in [0.1, 0.15) is 5.82 Å². The lowest BCUT2D eigenvalue weighted by molar-refractivity contribution is 0.215. The summed E-state index contributed by atoms with van der Waals surface area (Å²) in [6, 6.07) is -0.189. The summed E-state index contributed by atoms with van der Waals surface area (Å²) in [5.41, 5.74) is 0. The van der Waals surface area contributed by atoms with Crippen LogP contribution in [0, 0.1) is 6.92 Å². The van der Waals surface area contributed by atoms with Gasteiger partial charge in [0.1, 0.15) is 12.2 Å². The van der Waals surface area contributed by atoms with E-state index in [2.05, 4.69) is 10.1 Å². The largest absolute Gasteiger partial charge is 0.345 e. The predicted molar refractivity (Wildman–Crippen MR) is 39.2 cm³/mol. The predicted octanol–water partition coefficient (Wildman–Crippen LogP) is 0.116. The maximum Gasteiger partial charge on any atom is 0.345 e. The molecule has 0 spiro atoms. The molecule has 5 heteroatoms. The zero-order valence-corrected chi connectivity index (χ0v) is 6.77. The average Bonchev–Trinajstić information content (AvgIpc) is 2.34. The third-order valence-corrected chi connectivity index (χ3v) is 1.18. The molecule has 0 saturated heterocycles. The molecule has 0 saturated carbocycles. The fourth-order valence-electron chi connectivity index (χ4n) is 0.643. The number of rotatable bonds is 0. The molecule has 0 bridgehead atoms. The van der Waals surface area contributed by atoms with Gasteiger partial charge >= 0.3 is 6.03 Å². The monoisotopic (exact) mass is 154 g/mol. The molecule has 0 aliphatic rings. The van der Waals surface area contributed by atoms with Gasteiger partial charge < -0.3 is 4.90 Å². The van der Waals surface area contributed by atoms with Gasteiger partial charge in [-0.1, -0.05) is 0 Å². The molecule has 1 aromatic heterocycles. The molecule has 0 atom stereocenters. The van der Waals surface area contributed by atoms with Gasteiger partial charge in [-0.15, -0.1) is 5.10 Å². The van der Waals surface area contributed by atoms with Crippen molar-refractivity contribution in [2.24, 2.45) is 0 Å². The van der Waals surface area contributed by atoms with E-state index < -0.39 is 0 Å². The second kappa shape index (κ2) is 2.69. The Hall–Kier alpha value is -1.39. The van der Waals surface area contributed by atoms with Crippen LogP contribution >= 0.6 is 0 Å². The number of hydrogen-bond donors (Lipinski definition) is 0. The Morgan fingerprint density at radius 2 is 2.27 bits per heavy atom.